The Hall–Kier alpha value is -3.48. The summed E-state index contributed by atoms with van der Waals surface area (Å²) < 4.78 is 13.1. The van der Waals surface area contributed by atoms with Crippen molar-refractivity contribution in [2.75, 3.05) is 43.0 Å². The van der Waals surface area contributed by atoms with Gasteiger partial charge in [-0.15, -0.1) is 0 Å². The zero-order chi connectivity index (χ0) is 20.2. The molecule has 0 N–H and O–H groups in total. The number of amides is 1. The molecule has 0 spiro atoms. The van der Waals surface area contributed by atoms with E-state index in [1.54, 1.807) is 29.3 Å². The van der Waals surface area contributed by atoms with Gasteiger partial charge in [0.05, 0.1) is 0 Å². The van der Waals surface area contributed by atoms with Gasteiger partial charge in [-0.25, -0.2) is 14.4 Å². The molecule has 0 unspecified atom stereocenters. The maximum Gasteiger partial charge on any atom is 0.272 e. The molecule has 1 aromatic heterocycles. The van der Waals surface area contributed by atoms with E-state index in [-0.39, 0.29) is 11.7 Å². The molecule has 29 heavy (non-hydrogen) atoms. The van der Waals surface area contributed by atoms with Crippen LogP contribution in [-0.4, -0.2) is 54.0 Å². The van der Waals surface area contributed by atoms with Crippen LogP contribution in [0.2, 0.25) is 0 Å². The van der Waals surface area contributed by atoms with Gasteiger partial charge in [0.1, 0.15) is 11.5 Å². The molecule has 7 heteroatoms. The highest BCUT2D eigenvalue weighted by Crippen LogP contribution is 2.20. The number of carbonyl (C=O) groups excluding carboxylic acids is 1. The molecule has 2 aromatic carbocycles. The van der Waals surface area contributed by atoms with Crippen LogP contribution in [0.25, 0.3) is 0 Å². The van der Waals surface area contributed by atoms with Crippen molar-refractivity contribution in [3.05, 3.63) is 78.4 Å². The van der Waals surface area contributed by atoms with Gasteiger partial charge in [-0.05, 0) is 42.5 Å². The van der Waals surface area contributed by atoms with Crippen LogP contribution >= 0.6 is 0 Å². The molecule has 148 valence electrons. The van der Waals surface area contributed by atoms with Gasteiger partial charge in [-0.3, -0.25) is 4.79 Å². The van der Waals surface area contributed by atoms with E-state index in [1.165, 1.54) is 12.1 Å². The number of rotatable bonds is 4. The molecule has 1 amide bonds. The highest BCUT2D eigenvalue weighted by atomic mass is 19.1. The first-order valence-electron chi connectivity index (χ1n) is 9.53. The van der Waals surface area contributed by atoms with Crippen LogP contribution in [-0.2, 0) is 0 Å². The van der Waals surface area contributed by atoms with Gasteiger partial charge in [-0.1, -0.05) is 18.2 Å². The first kappa shape index (κ1) is 18.9. The Morgan fingerprint density at radius 2 is 1.66 bits per heavy atom. The van der Waals surface area contributed by atoms with Gasteiger partial charge in [0, 0.05) is 50.8 Å². The fourth-order valence-corrected chi connectivity index (χ4v) is 3.38. The highest BCUT2D eigenvalue weighted by Gasteiger charge is 2.24. The Kier molecular flexibility index (Phi) is 5.37. The van der Waals surface area contributed by atoms with Gasteiger partial charge < -0.3 is 14.7 Å². The Labute approximate surface area is 169 Å². The number of nitrogens with zero attached hydrogens (tertiary/aromatic N) is 5. The quantitative estimate of drug-likeness (QED) is 0.683. The Morgan fingerprint density at radius 1 is 0.966 bits per heavy atom. The van der Waals surface area contributed by atoms with Gasteiger partial charge in [-0.2, -0.15) is 0 Å². The van der Waals surface area contributed by atoms with Crippen LogP contribution in [0.4, 0.5) is 21.7 Å². The summed E-state index contributed by atoms with van der Waals surface area (Å²) in [6.45, 7) is 2.56. The Morgan fingerprint density at radius 3 is 2.34 bits per heavy atom. The zero-order valence-electron chi connectivity index (χ0n) is 16.2. The smallest absolute Gasteiger partial charge is 0.272 e. The summed E-state index contributed by atoms with van der Waals surface area (Å²) in [7, 11) is 1.88. The highest BCUT2D eigenvalue weighted by molar-refractivity contribution is 5.92. The van der Waals surface area contributed by atoms with Gasteiger partial charge >= 0.3 is 0 Å². The minimum atomic E-state index is -0.248. The van der Waals surface area contributed by atoms with Crippen LogP contribution < -0.4 is 9.80 Å². The summed E-state index contributed by atoms with van der Waals surface area (Å²) in [5, 5.41) is 0. The lowest BCUT2D eigenvalue weighted by Crippen LogP contribution is -2.49. The molecule has 1 saturated heterocycles. The molecule has 0 radical (unpaired) electrons. The first-order valence-corrected chi connectivity index (χ1v) is 9.53. The van der Waals surface area contributed by atoms with Crippen LogP contribution in [0.15, 0.2) is 66.9 Å². The number of anilines is 3. The van der Waals surface area contributed by atoms with Crippen molar-refractivity contribution < 1.29 is 9.18 Å². The molecule has 1 aliphatic rings. The summed E-state index contributed by atoms with van der Waals surface area (Å²) in [4.78, 5) is 27.5. The van der Waals surface area contributed by atoms with E-state index in [4.69, 9.17) is 0 Å². The standard InChI is InChI=1S/C22H22FN5O/c1-26(18-5-3-2-4-6-18)22-24-12-11-20(25-22)21(29)28-15-13-27(14-16-28)19-9-7-17(23)8-10-19/h2-12H,13-16H2,1H3. The molecule has 6 nitrogen and oxygen atoms in total. The zero-order valence-corrected chi connectivity index (χ0v) is 16.2. The molecule has 3 aromatic rings. The molecule has 1 fully saturated rings. The van der Waals surface area contributed by atoms with E-state index >= 15 is 0 Å². The summed E-state index contributed by atoms with van der Waals surface area (Å²) in [5.74, 6) is 0.128. The fourth-order valence-electron chi connectivity index (χ4n) is 3.38. The van der Waals surface area contributed by atoms with Crippen molar-refractivity contribution >= 4 is 23.2 Å². The monoisotopic (exact) mass is 391 g/mol. The SMILES string of the molecule is CN(c1ccccc1)c1nccc(C(=O)N2CCN(c3ccc(F)cc3)CC2)n1. The molecule has 0 aliphatic carbocycles. The second kappa shape index (κ2) is 8.26. The minimum absolute atomic E-state index is 0.103. The van der Waals surface area contributed by atoms with Gasteiger partial charge in [0.15, 0.2) is 0 Å². The molecule has 0 bridgehead atoms. The predicted octanol–water partition coefficient (Wildman–Crippen LogP) is 3.35. The van der Waals surface area contributed by atoms with Crippen molar-refractivity contribution in [1.29, 1.82) is 0 Å². The summed E-state index contributed by atoms with van der Waals surface area (Å²) >= 11 is 0. The van der Waals surface area contributed by atoms with E-state index in [0.29, 0.717) is 37.8 Å². The molecule has 2 heterocycles. The van der Waals surface area contributed by atoms with E-state index in [0.717, 1.165) is 11.4 Å². The second-order valence-corrected chi connectivity index (χ2v) is 6.89. The van der Waals surface area contributed by atoms with Gasteiger partial charge in [0.25, 0.3) is 5.91 Å². The third kappa shape index (κ3) is 4.18. The lowest BCUT2D eigenvalue weighted by molar-refractivity contribution is 0.0741. The first-order chi connectivity index (χ1) is 14.1. The summed E-state index contributed by atoms with van der Waals surface area (Å²) in [5.41, 5.74) is 2.30. The van der Waals surface area contributed by atoms with Crippen molar-refractivity contribution in [1.82, 2.24) is 14.9 Å². The molecular formula is C22H22FN5O. The Balaban J connectivity index is 1.43. The average Bonchev–Trinajstić information content (AvgIpc) is 2.79. The van der Waals surface area contributed by atoms with Crippen LogP contribution in [0.3, 0.4) is 0 Å². The number of aromatic nitrogens is 2. The predicted molar refractivity (Wildman–Crippen MR) is 111 cm³/mol. The van der Waals surface area contributed by atoms with E-state index in [1.807, 2.05) is 42.3 Å². The lowest BCUT2D eigenvalue weighted by Gasteiger charge is -2.36. The maximum atomic E-state index is 13.1. The topological polar surface area (TPSA) is 52.6 Å². The van der Waals surface area contributed by atoms with Crippen LogP contribution in [0.1, 0.15) is 10.5 Å². The lowest BCUT2D eigenvalue weighted by atomic mass is 10.2. The normalized spacial score (nSPS) is 14.0. The number of piperazine rings is 1. The van der Waals surface area contributed by atoms with Crippen LogP contribution in [0.5, 0.6) is 0 Å². The van der Waals surface area contributed by atoms with Crippen molar-refractivity contribution in [3.63, 3.8) is 0 Å². The molecule has 4 rings (SSSR count). The number of halogens is 1. The average molecular weight is 391 g/mol. The fraction of sp³-hybridized carbons (Fsp3) is 0.227. The van der Waals surface area contributed by atoms with Crippen LogP contribution in [0, 0.1) is 5.82 Å². The van der Waals surface area contributed by atoms with Crippen molar-refractivity contribution in [2.45, 2.75) is 0 Å². The van der Waals surface area contributed by atoms with E-state index in [2.05, 4.69) is 14.9 Å². The number of hydrogen-bond acceptors (Lipinski definition) is 5. The molecular weight excluding hydrogens is 369 g/mol. The largest absolute Gasteiger partial charge is 0.368 e. The molecule has 1 aliphatic heterocycles. The number of hydrogen-bond donors (Lipinski definition) is 0. The third-order valence-corrected chi connectivity index (χ3v) is 5.06. The number of para-hydroxylation sites is 1. The number of benzene rings is 2. The third-order valence-electron chi connectivity index (χ3n) is 5.06. The maximum absolute atomic E-state index is 13.1. The molecule has 0 saturated carbocycles. The molecule has 0 atom stereocenters. The Bertz CT molecular complexity index is 972. The van der Waals surface area contributed by atoms with Crippen molar-refractivity contribution in [3.8, 4) is 0 Å². The minimum Gasteiger partial charge on any atom is -0.368 e. The van der Waals surface area contributed by atoms with E-state index < -0.39 is 0 Å². The second-order valence-electron chi connectivity index (χ2n) is 6.89. The van der Waals surface area contributed by atoms with Gasteiger partial charge in [0.2, 0.25) is 5.95 Å². The van der Waals surface area contributed by atoms with E-state index in [9.17, 15) is 9.18 Å². The summed E-state index contributed by atoms with van der Waals surface area (Å²) in [6.07, 6.45) is 1.61. The summed E-state index contributed by atoms with van der Waals surface area (Å²) in [6, 6.07) is 17.9. The van der Waals surface area contributed by atoms with Crippen molar-refractivity contribution in [2.24, 2.45) is 0 Å². The number of carbonyl (C=O) groups is 1.